The van der Waals surface area contributed by atoms with Gasteiger partial charge in [-0.25, -0.2) is 0 Å². The highest BCUT2D eigenvalue weighted by molar-refractivity contribution is 4.89. The Morgan fingerprint density at radius 3 is 3.20 bits per heavy atom. The van der Waals surface area contributed by atoms with Gasteiger partial charge in [-0.05, 0) is 25.4 Å². The van der Waals surface area contributed by atoms with Gasteiger partial charge in [0.05, 0.1) is 6.54 Å². The van der Waals surface area contributed by atoms with Gasteiger partial charge < -0.3 is 10.3 Å². The van der Waals surface area contributed by atoms with Crippen molar-refractivity contribution in [2.75, 3.05) is 19.6 Å². The fourth-order valence-corrected chi connectivity index (χ4v) is 1.83. The first kappa shape index (κ1) is 10.6. The molecule has 2 heterocycles. The molecule has 0 aromatic carbocycles. The topological polar surface area (TPSA) is 60.0 Å². The van der Waals surface area contributed by atoms with Gasteiger partial charge in [0.2, 0.25) is 0 Å². The summed E-state index contributed by atoms with van der Waals surface area (Å²) in [5.41, 5.74) is 5.60. The summed E-state index contributed by atoms with van der Waals surface area (Å²) in [5, 5.41) is 8.02. The van der Waals surface area contributed by atoms with Crippen molar-refractivity contribution in [3.63, 3.8) is 0 Å². The van der Waals surface area contributed by atoms with Crippen LogP contribution in [0.1, 0.15) is 19.2 Å². The lowest BCUT2D eigenvalue weighted by atomic mass is 10.1. The maximum absolute atomic E-state index is 5.60. The van der Waals surface area contributed by atoms with E-state index in [9.17, 15) is 0 Å². The molecular weight excluding hydrogens is 190 g/mol. The van der Waals surface area contributed by atoms with E-state index in [-0.39, 0.29) is 0 Å². The van der Waals surface area contributed by atoms with E-state index in [4.69, 9.17) is 5.73 Å². The van der Waals surface area contributed by atoms with Crippen LogP contribution in [0.2, 0.25) is 0 Å². The number of rotatable bonds is 4. The molecule has 0 aliphatic carbocycles. The minimum absolute atomic E-state index is 0.616. The van der Waals surface area contributed by atoms with E-state index in [0.717, 1.165) is 38.5 Å². The second kappa shape index (κ2) is 4.72. The summed E-state index contributed by atoms with van der Waals surface area (Å²) in [4.78, 5) is 2.43. The number of nitrogens with two attached hydrogens (primary N) is 1. The molecule has 0 bridgehead atoms. The average Bonchev–Trinajstić information content (AvgIpc) is 2.72. The largest absolute Gasteiger partial charge is 0.330 e. The van der Waals surface area contributed by atoms with Crippen LogP contribution in [0.5, 0.6) is 0 Å². The molecule has 1 aromatic heterocycles. The van der Waals surface area contributed by atoms with Gasteiger partial charge in [-0.2, -0.15) is 0 Å². The van der Waals surface area contributed by atoms with Gasteiger partial charge in [-0.1, -0.05) is 6.92 Å². The number of aromatic nitrogens is 3. The summed E-state index contributed by atoms with van der Waals surface area (Å²) in [6, 6.07) is 0. The first-order valence-corrected chi connectivity index (χ1v) is 5.58. The Morgan fingerprint density at radius 1 is 1.53 bits per heavy atom. The monoisotopic (exact) mass is 209 g/mol. The van der Waals surface area contributed by atoms with Crippen LogP contribution < -0.4 is 5.73 Å². The van der Waals surface area contributed by atoms with Crippen LogP contribution in [-0.2, 0) is 13.1 Å². The SMILES string of the molecule is CC(CN)CCN1CCn2cnnc2C1. The van der Waals surface area contributed by atoms with Gasteiger partial charge in [0, 0.05) is 13.1 Å². The van der Waals surface area contributed by atoms with Crippen LogP contribution in [0.25, 0.3) is 0 Å². The number of fused-ring (bicyclic) bond motifs is 1. The fourth-order valence-electron chi connectivity index (χ4n) is 1.83. The van der Waals surface area contributed by atoms with Crippen LogP contribution in [0.15, 0.2) is 6.33 Å². The molecule has 1 aromatic rings. The molecule has 5 nitrogen and oxygen atoms in total. The van der Waals surface area contributed by atoms with Crippen molar-refractivity contribution in [3.8, 4) is 0 Å². The molecule has 0 saturated heterocycles. The third-order valence-corrected chi connectivity index (χ3v) is 3.06. The Labute approximate surface area is 90.3 Å². The minimum Gasteiger partial charge on any atom is -0.330 e. The van der Waals surface area contributed by atoms with Crippen molar-refractivity contribution in [1.29, 1.82) is 0 Å². The van der Waals surface area contributed by atoms with Gasteiger partial charge in [0.25, 0.3) is 0 Å². The van der Waals surface area contributed by atoms with Crippen molar-refractivity contribution in [2.24, 2.45) is 11.7 Å². The highest BCUT2D eigenvalue weighted by Crippen LogP contribution is 2.10. The normalized spacial score (nSPS) is 18.8. The summed E-state index contributed by atoms with van der Waals surface area (Å²) in [5.74, 6) is 1.70. The summed E-state index contributed by atoms with van der Waals surface area (Å²) in [6.45, 7) is 7.14. The summed E-state index contributed by atoms with van der Waals surface area (Å²) < 4.78 is 2.13. The molecule has 1 aliphatic rings. The minimum atomic E-state index is 0.616. The lowest BCUT2D eigenvalue weighted by Gasteiger charge is -2.27. The summed E-state index contributed by atoms with van der Waals surface area (Å²) in [7, 11) is 0. The molecule has 2 rings (SSSR count). The van der Waals surface area contributed by atoms with Crippen LogP contribution >= 0.6 is 0 Å². The zero-order valence-corrected chi connectivity index (χ0v) is 9.26. The van der Waals surface area contributed by atoms with Crippen LogP contribution in [0.4, 0.5) is 0 Å². The predicted molar refractivity (Wildman–Crippen MR) is 58.1 cm³/mol. The third-order valence-electron chi connectivity index (χ3n) is 3.06. The smallest absolute Gasteiger partial charge is 0.147 e. The molecule has 2 N–H and O–H groups in total. The average molecular weight is 209 g/mol. The van der Waals surface area contributed by atoms with E-state index in [0.29, 0.717) is 5.92 Å². The maximum atomic E-state index is 5.60. The molecule has 1 unspecified atom stereocenters. The zero-order valence-electron chi connectivity index (χ0n) is 9.26. The van der Waals surface area contributed by atoms with Crippen molar-refractivity contribution in [3.05, 3.63) is 12.2 Å². The molecule has 0 amide bonds. The first-order valence-electron chi connectivity index (χ1n) is 5.58. The van der Waals surface area contributed by atoms with Crippen LogP contribution in [0.3, 0.4) is 0 Å². The second-order valence-corrected chi connectivity index (χ2v) is 4.35. The standard InChI is InChI=1S/C10H19N5/c1-9(6-11)2-3-14-4-5-15-8-12-13-10(15)7-14/h8-9H,2-7,11H2,1H3. The second-order valence-electron chi connectivity index (χ2n) is 4.35. The van der Waals surface area contributed by atoms with Crippen molar-refractivity contribution in [1.82, 2.24) is 19.7 Å². The molecular formula is C10H19N5. The van der Waals surface area contributed by atoms with E-state index in [1.165, 1.54) is 6.42 Å². The van der Waals surface area contributed by atoms with E-state index < -0.39 is 0 Å². The molecule has 1 aliphatic heterocycles. The molecule has 5 heteroatoms. The van der Waals surface area contributed by atoms with Crippen LogP contribution in [0, 0.1) is 5.92 Å². The van der Waals surface area contributed by atoms with Crippen molar-refractivity contribution < 1.29 is 0 Å². The maximum Gasteiger partial charge on any atom is 0.147 e. The third kappa shape index (κ3) is 2.54. The number of hydrogen-bond donors (Lipinski definition) is 1. The molecule has 0 spiro atoms. The fraction of sp³-hybridized carbons (Fsp3) is 0.800. The summed E-state index contributed by atoms with van der Waals surface area (Å²) >= 11 is 0. The lowest BCUT2D eigenvalue weighted by molar-refractivity contribution is 0.204. The Balaban J connectivity index is 1.82. The number of hydrogen-bond acceptors (Lipinski definition) is 4. The highest BCUT2D eigenvalue weighted by Gasteiger charge is 2.17. The van der Waals surface area contributed by atoms with Crippen molar-refractivity contribution >= 4 is 0 Å². The van der Waals surface area contributed by atoms with Gasteiger partial charge >= 0.3 is 0 Å². The Morgan fingerprint density at radius 2 is 2.40 bits per heavy atom. The lowest BCUT2D eigenvalue weighted by Crippen LogP contribution is -2.35. The van der Waals surface area contributed by atoms with Gasteiger partial charge in [-0.15, -0.1) is 10.2 Å². The van der Waals surface area contributed by atoms with Gasteiger partial charge in [0.1, 0.15) is 12.2 Å². The van der Waals surface area contributed by atoms with E-state index >= 15 is 0 Å². The highest BCUT2D eigenvalue weighted by atomic mass is 15.3. The molecule has 84 valence electrons. The quantitative estimate of drug-likeness (QED) is 0.763. The van der Waals surface area contributed by atoms with E-state index in [1.54, 1.807) is 0 Å². The van der Waals surface area contributed by atoms with Crippen molar-refractivity contribution in [2.45, 2.75) is 26.4 Å². The van der Waals surface area contributed by atoms with Crippen LogP contribution in [-0.4, -0.2) is 39.3 Å². The zero-order chi connectivity index (χ0) is 10.7. The Hall–Kier alpha value is -0.940. The Bertz CT molecular complexity index is 309. The molecule has 0 fully saturated rings. The molecule has 0 radical (unpaired) electrons. The Kier molecular flexibility index (Phi) is 3.33. The number of nitrogens with zero attached hydrogens (tertiary/aromatic N) is 4. The van der Waals surface area contributed by atoms with Gasteiger partial charge in [0.15, 0.2) is 0 Å². The predicted octanol–water partition coefficient (Wildman–Crippen LogP) is 0.0786. The molecule has 0 saturated carbocycles. The summed E-state index contributed by atoms with van der Waals surface area (Å²) in [6.07, 6.45) is 2.99. The first-order chi connectivity index (χ1) is 7.29. The van der Waals surface area contributed by atoms with E-state index in [2.05, 4.69) is 26.6 Å². The molecule has 1 atom stereocenters. The van der Waals surface area contributed by atoms with E-state index in [1.807, 2.05) is 6.33 Å². The molecule has 15 heavy (non-hydrogen) atoms. The van der Waals surface area contributed by atoms with Gasteiger partial charge in [-0.3, -0.25) is 4.90 Å².